The number of hydrogen-bond acceptors (Lipinski definition) is 3. The molecule has 5 nitrogen and oxygen atoms in total. The van der Waals surface area contributed by atoms with Crippen LogP contribution >= 0.6 is 0 Å². The van der Waals surface area contributed by atoms with Crippen LogP contribution in [0.2, 0.25) is 0 Å². The molecule has 0 amide bonds. The normalized spacial score (nSPS) is 10.7. The Kier molecular flexibility index (Phi) is 3.31. The first kappa shape index (κ1) is 13.2. The molecule has 0 fully saturated rings. The molecule has 3 aromatic rings. The van der Waals surface area contributed by atoms with Crippen molar-refractivity contribution in [2.24, 2.45) is 0 Å². The number of fused-ring (bicyclic) bond motifs is 1. The number of hydrogen-bond donors (Lipinski definition) is 1. The van der Waals surface area contributed by atoms with E-state index in [1.807, 2.05) is 49.4 Å². The number of aromatic nitrogens is 2. The van der Waals surface area contributed by atoms with E-state index in [9.17, 15) is 9.90 Å². The SMILES string of the molecule is Cc1cccn2c(COc3ccccc3)nc(C(=O)O)c12. The van der Waals surface area contributed by atoms with Crippen LogP contribution in [-0.2, 0) is 6.61 Å². The zero-order chi connectivity index (χ0) is 14.8. The summed E-state index contributed by atoms with van der Waals surface area (Å²) in [5.74, 6) is 0.251. The molecule has 0 saturated carbocycles. The van der Waals surface area contributed by atoms with Crippen molar-refractivity contribution in [3.8, 4) is 5.75 Å². The van der Waals surface area contributed by atoms with E-state index in [2.05, 4.69) is 4.98 Å². The molecular weight excluding hydrogens is 268 g/mol. The van der Waals surface area contributed by atoms with Gasteiger partial charge in [0, 0.05) is 6.20 Å². The minimum absolute atomic E-state index is 0.0553. The van der Waals surface area contributed by atoms with Crippen molar-refractivity contribution in [2.75, 3.05) is 0 Å². The molecule has 0 aliphatic rings. The first-order valence-electron chi connectivity index (χ1n) is 6.54. The van der Waals surface area contributed by atoms with E-state index in [0.717, 1.165) is 11.3 Å². The summed E-state index contributed by atoms with van der Waals surface area (Å²) in [4.78, 5) is 15.5. The van der Waals surface area contributed by atoms with Gasteiger partial charge in [-0.3, -0.25) is 4.40 Å². The zero-order valence-corrected chi connectivity index (χ0v) is 11.5. The summed E-state index contributed by atoms with van der Waals surface area (Å²) in [7, 11) is 0. The number of imidazole rings is 1. The second kappa shape index (κ2) is 5.28. The maximum absolute atomic E-state index is 11.3. The van der Waals surface area contributed by atoms with E-state index in [-0.39, 0.29) is 12.3 Å². The molecule has 2 heterocycles. The summed E-state index contributed by atoms with van der Waals surface area (Å²) in [6, 6.07) is 13.1. The fourth-order valence-corrected chi connectivity index (χ4v) is 2.28. The number of aromatic carboxylic acids is 1. The first-order chi connectivity index (χ1) is 10.2. The average molecular weight is 282 g/mol. The van der Waals surface area contributed by atoms with Crippen molar-refractivity contribution in [1.82, 2.24) is 9.38 Å². The van der Waals surface area contributed by atoms with Gasteiger partial charge in [-0.1, -0.05) is 24.3 Å². The molecule has 2 aromatic heterocycles. The van der Waals surface area contributed by atoms with Crippen LogP contribution in [0, 0.1) is 6.92 Å². The lowest BCUT2D eigenvalue weighted by molar-refractivity contribution is 0.0693. The monoisotopic (exact) mass is 282 g/mol. The minimum Gasteiger partial charge on any atom is -0.486 e. The molecule has 0 bridgehead atoms. The predicted octanol–water partition coefficient (Wildman–Crippen LogP) is 2.92. The molecule has 1 aromatic carbocycles. The number of benzene rings is 1. The van der Waals surface area contributed by atoms with Gasteiger partial charge in [0.15, 0.2) is 11.5 Å². The van der Waals surface area contributed by atoms with Crippen molar-refractivity contribution in [3.63, 3.8) is 0 Å². The van der Waals surface area contributed by atoms with Gasteiger partial charge in [0.1, 0.15) is 12.4 Å². The van der Waals surface area contributed by atoms with Gasteiger partial charge in [0.05, 0.1) is 5.52 Å². The smallest absolute Gasteiger partial charge is 0.356 e. The van der Waals surface area contributed by atoms with Crippen molar-refractivity contribution < 1.29 is 14.6 Å². The van der Waals surface area contributed by atoms with Crippen molar-refractivity contribution >= 4 is 11.5 Å². The Morgan fingerprint density at radius 1 is 1.24 bits per heavy atom. The van der Waals surface area contributed by atoms with Gasteiger partial charge >= 0.3 is 5.97 Å². The van der Waals surface area contributed by atoms with E-state index < -0.39 is 5.97 Å². The third-order valence-electron chi connectivity index (χ3n) is 3.25. The molecule has 106 valence electrons. The molecule has 0 atom stereocenters. The molecule has 0 radical (unpaired) electrons. The van der Waals surface area contributed by atoms with Crippen LogP contribution < -0.4 is 4.74 Å². The largest absolute Gasteiger partial charge is 0.486 e. The van der Waals surface area contributed by atoms with Crippen molar-refractivity contribution in [3.05, 3.63) is 65.7 Å². The van der Waals surface area contributed by atoms with Crippen LogP contribution in [-0.4, -0.2) is 20.5 Å². The van der Waals surface area contributed by atoms with E-state index in [0.29, 0.717) is 11.3 Å². The summed E-state index contributed by atoms with van der Waals surface area (Å²) < 4.78 is 7.42. The lowest BCUT2D eigenvalue weighted by atomic mass is 10.2. The molecule has 0 spiro atoms. The Bertz CT molecular complexity index is 794. The molecular formula is C16H14N2O3. The van der Waals surface area contributed by atoms with Crippen LogP contribution in [0.3, 0.4) is 0 Å². The Balaban J connectivity index is 1.99. The van der Waals surface area contributed by atoms with Crippen LogP contribution in [0.1, 0.15) is 21.9 Å². The lowest BCUT2D eigenvalue weighted by Crippen LogP contribution is -2.01. The summed E-state index contributed by atoms with van der Waals surface area (Å²) in [5.41, 5.74) is 1.53. The fourth-order valence-electron chi connectivity index (χ4n) is 2.28. The molecule has 1 N–H and O–H groups in total. The third kappa shape index (κ3) is 2.45. The third-order valence-corrected chi connectivity index (χ3v) is 3.25. The van der Waals surface area contributed by atoms with Crippen LogP contribution in [0.5, 0.6) is 5.75 Å². The Morgan fingerprint density at radius 3 is 2.71 bits per heavy atom. The predicted molar refractivity (Wildman–Crippen MR) is 77.7 cm³/mol. The summed E-state index contributed by atoms with van der Waals surface area (Å²) in [5, 5.41) is 9.29. The molecule has 5 heteroatoms. The number of para-hydroxylation sites is 1. The highest BCUT2D eigenvalue weighted by molar-refractivity contribution is 5.94. The maximum atomic E-state index is 11.3. The maximum Gasteiger partial charge on any atom is 0.356 e. The van der Waals surface area contributed by atoms with Gasteiger partial charge in [-0.25, -0.2) is 9.78 Å². The summed E-state index contributed by atoms with van der Waals surface area (Å²) >= 11 is 0. The Hall–Kier alpha value is -2.82. The van der Waals surface area contributed by atoms with E-state index >= 15 is 0 Å². The van der Waals surface area contributed by atoms with Gasteiger partial charge in [-0.05, 0) is 30.7 Å². The molecule has 3 rings (SSSR count). The van der Waals surface area contributed by atoms with Crippen molar-refractivity contribution in [1.29, 1.82) is 0 Å². The lowest BCUT2D eigenvalue weighted by Gasteiger charge is -2.05. The second-order valence-corrected chi connectivity index (χ2v) is 4.69. The van der Waals surface area contributed by atoms with E-state index in [1.54, 1.807) is 10.6 Å². The fraction of sp³-hybridized carbons (Fsp3) is 0.125. The topological polar surface area (TPSA) is 63.8 Å². The molecule has 21 heavy (non-hydrogen) atoms. The number of ether oxygens (including phenoxy) is 1. The number of carbonyl (C=O) groups is 1. The summed E-state index contributed by atoms with van der Waals surface area (Å²) in [6.07, 6.45) is 1.80. The van der Waals surface area contributed by atoms with Gasteiger partial charge in [-0.2, -0.15) is 0 Å². The zero-order valence-electron chi connectivity index (χ0n) is 11.5. The quantitative estimate of drug-likeness (QED) is 0.799. The number of carboxylic acid groups (broad SMARTS) is 1. The first-order valence-corrected chi connectivity index (χ1v) is 6.54. The number of aryl methyl sites for hydroxylation is 1. The van der Waals surface area contributed by atoms with E-state index in [4.69, 9.17) is 4.74 Å². The molecule has 0 aliphatic heterocycles. The van der Waals surface area contributed by atoms with Gasteiger partial charge < -0.3 is 9.84 Å². The van der Waals surface area contributed by atoms with Crippen LogP contribution in [0.15, 0.2) is 48.7 Å². The van der Waals surface area contributed by atoms with Gasteiger partial charge in [0.2, 0.25) is 0 Å². The van der Waals surface area contributed by atoms with Crippen LogP contribution in [0.4, 0.5) is 0 Å². The highest BCUT2D eigenvalue weighted by Crippen LogP contribution is 2.19. The number of pyridine rings is 1. The second-order valence-electron chi connectivity index (χ2n) is 4.69. The summed E-state index contributed by atoms with van der Waals surface area (Å²) in [6.45, 7) is 2.08. The Morgan fingerprint density at radius 2 is 2.00 bits per heavy atom. The average Bonchev–Trinajstić information content (AvgIpc) is 2.87. The minimum atomic E-state index is -1.03. The number of nitrogens with zero attached hydrogens (tertiary/aromatic N) is 2. The molecule has 0 unspecified atom stereocenters. The molecule has 0 aliphatic carbocycles. The highest BCUT2D eigenvalue weighted by Gasteiger charge is 2.18. The number of carboxylic acids is 1. The standard InChI is InChI=1S/C16H14N2O3/c1-11-6-5-9-18-13(17-14(15(11)18)16(19)20)10-21-12-7-3-2-4-8-12/h2-9H,10H2,1H3,(H,19,20). The highest BCUT2D eigenvalue weighted by atomic mass is 16.5. The number of rotatable bonds is 4. The van der Waals surface area contributed by atoms with E-state index in [1.165, 1.54) is 0 Å². The van der Waals surface area contributed by atoms with Gasteiger partial charge in [-0.15, -0.1) is 0 Å². The Labute approximate surface area is 121 Å². The van der Waals surface area contributed by atoms with Crippen LogP contribution in [0.25, 0.3) is 5.52 Å². The van der Waals surface area contributed by atoms with Gasteiger partial charge in [0.25, 0.3) is 0 Å². The van der Waals surface area contributed by atoms with Crippen molar-refractivity contribution in [2.45, 2.75) is 13.5 Å². The molecule has 0 saturated heterocycles.